The molecule has 3 aromatic carbocycles. The SMILES string of the molecule is O=c1[nH]c2ccccc2c(=O)n1-c1cc(S(=O)(=O)N2CCCc3ccc(C(F)(F)F)cc32)ccc1Cl. The van der Waals surface area contributed by atoms with Crippen molar-refractivity contribution in [2.75, 3.05) is 10.8 Å². The van der Waals surface area contributed by atoms with Crippen LogP contribution < -0.4 is 15.6 Å². The summed E-state index contributed by atoms with van der Waals surface area (Å²) < 4.78 is 68.9. The van der Waals surface area contributed by atoms with Crippen LogP contribution in [0.3, 0.4) is 0 Å². The summed E-state index contributed by atoms with van der Waals surface area (Å²) in [6, 6.07) is 12.8. The number of rotatable bonds is 3. The summed E-state index contributed by atoms with van der Waals surface area (Å²) in [5.41, 5.74) is -1.96. The molecule has 1 aliphatic rings. The largest absolute Gasteiger partial charge is 0.416 e. The molecule has 0 amide bonds. The molecular weight excluding hydrogens is 519 g/mol. The number of sulfonamides is 1. The molecule has 186 valence electrons. The second-order valence-corrected chi connectivity index (χ2v) is 10.5. The fourth-order valence-electron chi connectivity index (χ4n) is 4.30. The Morgan fingerprint density at radius 1 is 0.944 bits per heavy atom. The van der Waals surface area contributed by atoms with Crippen LogP contribution in [-0.2, 0) is 22.6 Å². The first kappa shape index (κ1) is 24.1. The van der Waals surface area contributed by atoms with Gasteiger partial charge in [0.1, 0.15) is 0 Å². The van der Waals surface area contributed by atoms with Crippen LogP contribution in [0.25, 0.3) is 16.6 Å². The molecule has 0 bridgehead atoms. The van der Waals surface area contributed by atoms with Crippen molar-refractivity contribution in [3.63, 3.8) is 0 Å². The molecule has 12 heteroatoms. The third-order valence-corrected chi connectivity index (χ3v) is 8.17. The van der Waals surface area contributed by atoms with E-state index in [2.05, 4.69) is 4.98 Å². The van der Waals surface area contributed by atoms with Gasteiger partial charge in [-0.2, -0.15) is 13.2 Å². The third kappa shape index (κ3) is 3.97. The van der Waals surface area contributed by atoms with Crippen molar-refractivity contribution >= 4 is 38.2 Å². The Morgan fingerprint density at radius 3 is 2.44 bits per heavy atom. The van der Waals surface area contributed by atoms with Crippen LogP contribution in [0.2, 0.25) is 5.02 Å². The van der Waals surface area contributed by atoms with Gasteiger partial charge in [0.15, 0.2) is 0 Å². The number of benzene rings is 3. The highest BCUT2D eigenvalue weighted by molar-refractivity contribution is 7.92. The first-order valence-electron chi connectivity index (χ1n) is 10.8. The van der Waals surface area contributed by atoms with Crippen LogP contribution in [-0.4, -0.2) is 24.5 Å². The second kappa shape index (κ2) is 8.52. The molecule has 0 atom stereocenters. The monoisotopic (exact) mass is 535 g/mol. The summed E-state index contributed by atoms with van der Waals surface area (Å²) >= 11 is 6.27. The van der Waals surface area contributed by atoms with Gasteiger partial charge < -0.3 is 4.98 Å². The zero-order chi connectivity index (χ0) is 25.8. The highest BCUT2D eigenvalue weighted by Crippen LogP contribution is 2.38. The lowest BCUT2D eigenvalue weighted by atomic mass is 10.0. The highest BCUT2D eigenvalue weighted by atomic mass is 35.5. The molecule has 0 unspecified atom stereocenters. The van der Waals surface area contributed by atoms with E-state index in [0.29, 0.717) is 23.9 Å². The Balaban J connectivity index is 1.67. The van der Waals surface area contributed by atoms with Gasteiger partial charge in [-0.1, -0.05) is 29.8 Å². The molecule has 0 spiro atoms. The molecule has 36 heavy (non-hydrogen) atoms. The Bertz CT molecular complexity index is 1750. The van der Waals surface area contributed by atoms with Crippen LogP contribution >= 0.6 is 11.6 Å². The maximum Gasteiger partial charge on any atom is 0.416 e. The summed E-state index contributed by atoms with van der Waals surface area (Å²) in [7, 11) is -4.37. The Labute approximate surface area is 207 Å². The van der Waals surface area contributed by atoms with E-state index in [4.69, 9.17) is 11.6 Å². The van der Waals surface area contributed by atoms with Crippen LogP contribution in [0.1, 0.15) is 17.5 Å². The van der Waals surface area contributed by atoms with Gasteiger partial charge in [-0.05, 0) is 60.9 Å². The first-order valence-corrected chi connectivity index (χ1v) is 12.6. The topological polar surface area (TPSA) is 92.2 Å². The number of nitrogens with zero attached hydrogens (tertiary/aromatic N) is 2. The van der Waals surface area contributed by atoms with Crippen molar-refractivity contribution in [2.45, 2.75) is 23.9 Å². The van der Waals surface area contributed by atoms with Gasteiger partial charge in [0.05, 0.1) is 37.8 Å². The number of anilines is 1. The maximum absolute atomic E-state index is 13.6. The Hall–Kier alpha value is -3.57. The number of hydrogen-bond acceptors (Lipinski definition) is 4. The standard InChI is InChI=1S/C24H17ClF3N3O4S/c25-18-10-9-16(13-21(18)31-22(32)17-5-1-2-6-19(17)29-23(31)33)36(34,35)30-11-3-4-14-7-8-15(12-20(14)30)24(26,27)28/h1-2,5-10,12-13H,3-4,11H2,(H,29,33). The average molecular weight is 536 g/mol. The normalized spacial score (nSPS) is 14.2. The zero-order valence-electron chi connectivity index (χ0n) is 18.3. The number of hydrogen-bond donors (Lipinski definition) is 1. The van der Waals surface area contributed by atoms with Crippen molar-refractivity contribution < 1.29 is 21.6 Å². The molecular formula is C24H17ClF3N3O4S. The number of aromatic amines is 1. The predicted octanol–water partition coefficient (Wildman–Crippen LogP) is 4.49. The number of fused-ring (bicyclic) bond motifs is 2. The van der Waals surface area contributed by atoms with Crippen molar-refractivity contribution in [1.82, 2.24) is 9.55 Å². The first-order chi connectivity index (χ1) is 17.0. The molecule has 4 aromatic rings. The van der Waals surface area contributed by atoms with Crippen molar-refractivity contribution in [1.29, 1.82) is 0 Å². The number of nitrogens with one attached hydrogen (secondary N) is 1. The summed E-state index contributed by atoms with van der Waals surface area (Å²) in [6.45, 7) is -0.0366. The molecule has 0 saturated heterocycles. The molecule has 2 heterocycles. The fourth-order valence-corrected chi connectivity index (χ4v) is 6.06. The Kier molecular flexibility index (Phi) is 5.72. The highest BCUT2D eigenvalue weighted by Gasteiger charge is 2.35. The number of aromatic nitrogens is 2. The van der Waals surface area contributed by atoms with E-state index in [9.17, 15) is 31.2 Å². The summed E-state index contributed by atoms with van der Waals surface area (Å²) in [4.78, 5) is 28.1. The maximum atomic E-state index is 13.6. The van der Waals surface area contributed by atoms with E-state index in [1.54, 1.807) is 18.2 Å². The molecule has 0 radical (unpaired) electrons. The molecule has 7 nitrogen and oxygen atoms in total. The average Bonchev–Trinajstić information content (AvgIpc) is 2.83. The van der Waals surface area contributed by atoms with Gasteiger partial charge in [0, 0.05) is 6.54 Å². The molecule has 0 saturated carbocycles. The van der Waals surface area contributed by atoms with Gasteiger partial charge in [0.2, 0.25) is 0 Å². The van der Waals surface area contributed by atoms with Crippen LogP contribution in [0, 0.1) is 0 Å². The van der Waals surface area contributed by atoms with E-state index in [0.717, 1.165) is 27.1 Å². The summed E-state index contributed by atoms with van der Waals surface area (Å²) in [6.07, 6.45) is -3.82. The molecule has 1 aromatic heterocycles. The van der Waals surface area contributed by atoms with Crippen molar-refractivity contribution in [3.8, 4) is 5.69 Å². The Morgan fingerprint density at radius 2 is 1.69 bits per heavy atom. The quantitative estimate of drug-likeness (QED) is 0.418. The minimum absolute atomic E-state index is 0.0366. The summed E-state index contributed by atoms with van der Waals surface area (Å²) in [5, 5.41) is 0.126. The second-order valence-electron chi connectivity index (χ2n) is 8.25. The van der Waals surface area contributed by atoms with Crippen LogP contribution in [0.4, 0.5) is 18.9 Å². The number of alkyl halides is 3. The lowest BCUT2D eigenvalue weighted by Gasteiger charge is -2.31. The van der Waals surface area contributed by atoms with E-state index in [1.807, 2.05) is 0 Å². The molecule has 1 aliphatic heterocycles. The van der Waals surface area contributed by atoms with Gasteiger partial charge >= 0.3 is 11.9 Å². The molecule has 1 N–H and O–H groups in total. The number of H-pyrrole nitrogens is 1. The van der Waals surface area contributed by atoms with E-state index >= 15 is 0 Å². The van der Waals surface area contributed by atoms with E-state index < -0.39 is 33.0 Å². The minimum atomic E-state index is -4.65. The van der Waals surface area contributed by atoms with Crippen molar-refractivity contribution in [2.24, 2.45) is 0 Å². The summed E-state index contributed by atoms with van der Waals surface area (Å²) in [5.74, 6) is 0. The number of aryl methyl sites for hydroxylation is 1. The zero-order valence-corrected chi connectivity index (χ0v) is 19.9. The number of halogens is 4. The molecule has 5 rings (SSSR count). The lowest BCUT2D eigenvalue weighted by Crippen LogP contribution is -2.36. The van der Waals surface area contributed by atoms with Crippen LogP contribution in [0.15, 0.2) is 75.1 Å². The van der Waals surface area contributed by atoms with Gasteiger partial charge in [-0.3, -0.25) is 9.10 Å². The van der Waals surface area contributed by atoms with Gasteiger partial charge in [-0.15, -0.1) is 0 Å². The van der Waals surface area contributed by atoms with E-state index in [-0.39, 0.29) is 33.2 Å². The molecule has 0 fully saturated rings. The minimum Gasteiger partial charge on any atom is -0.306 e. The van der Waals surface area contributed by atoms with Gasteiger partial charge in [0.25, 0.3) is 15.6 Å². The lowest BCUT2D eigenvalue weighted by molar-refractivity contribution is -0.137. The number of para-hydroxylation sites is 1. The van der Waals surface area contributed by atoms with Crippen molar-refractivity contribution in [3.05, 3.63) is 97.7 Å². The van der Waals surface area contributed by atoms with E-state index in [1.165, 1.54) is 24.3 Å². The van der Waals surface area contributed by atoms with Crippen LogP contribution in [0.5, 0.6) is 0 Å². The predicted molar refractivity (Wildman–Crippen MR) is 129 cm³/mol. The third-order valence-electron chi connectivity index (χ3n) is 6.04. The smallest absolute Gasteiger partial charge is 0.306 e. The molecule has 0 aliphatic carbocycles. The van der Waals surface area contributed by atoms with Gasteiger partial charge in [-0.25, -0.2) is 17.8 Å². The fraction of sp³-hybridized carbons (Fsp3) is 0.167.